The number of halogens is 2. The number of rotatable bonds is 7. The van der Waals surface area contributed by atoms with Crippen LogP contribution in [0.3, 0.4) is 0 Å². The second-order valence-electron chi connectivity index (χ2n) is 8.61. The number of benzene rings is 1. The summed E-state index contributed by atoms with van der Waals surface area (Å²) in [4.78, 5) is 21.1. The first-order chi connectivity index (χ1) is 15.9. The Hall–Kier alpha value is -3.03. The van der Waals surface area contributed by atoms with Crippen LogP contribution >= 0.6 is 11.6 Å². The highest BCUT2D eigenvalue weighted by Gasteiger charge is 2.20. The number of nitrogens with zero attached hydrogens (tertiary/aromatic N) is 2. The maximum absolute atomic E-state index is 13.5. The summed E-state index contributed by atoms with van der Waals surface area (Å²) in [7, 11) is 0. The smallest absolute Gasteiger partial charge is 0.248 e. The number of amides is 1. The van der Waals surface area contributed by atoms with E-state index in [1.54, 1.807) is 30.5 Å². The highest BCUT2D eigenvalue weighted by atomic mass is 35.5. The van der Waals surface area contributed by atoms with Gasteiger partial charge in [-0.15, -0.1) is 0 Å². The van der Waals surface area contributed by atoms with Crippen molar-refractivity contribution in [1.82, 2.24) is 9.97 Å². The van der Waals surface area contributed by atoms with E-state index in [9.17, 15) is 9.18 Å². The Morgan fingerprint density at radius 2 is 1.94 bits per heavy atom. The first-order valence-corrected chi connectivity index (χ1v) is 11.5. The quantitative estimate of drug-likeness (QED) is 0.466. The number of aromatic nitrogens is 2. The van der Waals surface area contributed by atoms with Gasteiger partial charge in [0.2, 0.25) is 5.91 Å². The summed E-state index contributed by atoms with van der Waals surface area (Å²) in [6.45, 7) is 0.339. The average molecular weight is 468 g/mol. The van der Waals surface area contributed by atoms with Crippen LogP contribution in [0.1, 0.15) is 47.3 Å². The number of pyridine rings is 2. The molecule has 1 aromatic carbocycles. The highest BCUT2D eigenvalue weighted by Crippen LogP contribution is 2.31. The lowest BCUT2D eigenvalue weighted by Gasteiger charge is -2.25. The van der Waals surface area contributed by atoms with Crippen LogP contribution in [0.25, 0.3) is 11.3 Å². The minimum atomic E-state index is -0.573. The fourth-order valence-electron chi connectivity index (χ4n) is 4.22. The molecule has 172 valence electrons. The maximum Gasteiger partial charge on any atom is 0.248 e. The molecule has 0 spiro atoms. The molecular formula is C25H27ClFN5O. The highest BCUT2D eigenvalue weighted by molar-refractivity contribution is 6.33. The normalized spacial score (nSPS) is 18.2. The lowest BCUT2D eigenvalue weighted by molar-refractivity contribution is 0.1000. The average Bonchev–Trinajstić information content (AvgIpc) is 2.80. The Morgan fingerprint density at radius 3 is 2.67 bits per heavy atom. The second-order valence-corrected chi connectivity index (χ2v) is 9.02. The monoisotopic (exact) mass is 467 g/mol. The van der Waals surface area contributed by atoms with Gasteiger partial charge in [-0.3, -0.25) is 9.78 Å². The van der Waals surface area contributed by atoms with Crippen LogP contribution in [0, 0.1) is 11.7 Å². The first kappa shape index (κ1) is 23.1. The zero-order valence-corrected chi connectivity index (χ0v) is 19.0. The largest absolute Gasteiger partial charge is 0.366 e. The van der Waals surface area contributed by atoms with Gasteiger partial charge in [0, 0.05) is 35.6 Å². The molecule has 0 saturated heterocycles. The molecule has 8 heteroatoms. The van der Waals surface area contributed by atoms with Crippen molar-refractivity contribution in [2.45, 2.75) is 44.7 Å². The van der Waals surface area contributed by atoms with Crippen molar-refractivity contribution in [3.63, 3.8) is 0 Å². The van der Waals surface area contributed by atoms with Crippen LogP contribution in [-0.4, -0.2) is 21.9 Å². The molecular weight excluding hydrogens is 441 g/mol. The van der Waals surface area contributed by atoms with E-state index < -0.39 is 5.91 Å². The number of hydrogen-bond acceptors (Lipinski definition) is 5. The number of hydrogen-bond donors (Lipinski definition) is 3. The van der Waals surface area contributed by atoms with Crippen LogP contribution in [0.2, 0.25) is 5.02 Å². The van der Waals surface area contributed by atoms with Gasteiger partial charge in [-0.25, -0.2) is 9.37 Å². The Labute approximate surface area is 197 Å². The lowest BCUT2D eigenvalue weighted by Crippen LogP contribution is -2.27. The van der Waals surface area contributed by atoms with Crippen molar-refractivity contribution in [1.29, 1.82) is 0 Å². The van der Waals surface area contributed by atoms with Gasteiger partial charge < -0.3 is 16.8 Å². The molecule has 1 saturated carbocycles. The lowest BCUT2D eigenvalue weighted by atomic mass is 9.83. The molecule has 4 rings (SSSR count). The molecule has 3 aromatic rings. The summed E-state index contributed by atoms with van der Waals surface area (Å²) in [6.07, 6.45) is 6.71. The SMILES string of the molecule is NC(=O)c1cc(NCc2cccc(F)c2)nc(-c2cc(CC3CCC(N)CC3)ncc2Cl)c1. The molecule has 1 fully saturated rings. The molecule has 33 heavy (non-hydrogen) atoms. The predicted molar refractivity (Wildman–Crippen MR) is 128 cm³/mol. The molecule has 1 aliphatic rings. The third-order valence-electron chi connectivity index (χ3n) is 6.05. The van der Waals surface area contributed by atoms with Gasteiger partial charge in [-0.1, -0.05) is 23.7 Å². The number of primary amides is 1. The second kappa shape index (κ2) is 10.3. The van der Waals surface area contributed by atoms with Gasteiger partial charge >= 0.3 is 0 Å². The summed E-state index contributed by atoms with van der Waals surface area (Å²) in [6, 6.07) is 11.7. The zero-order valence-electron chi connectivity index (χ0n) is 18.2. The summed E-state index contributed by atoms with van der Waals surface area (Å²) in [5.41, 5.74) is 14.8. The van der Waals surface area contributed by atoms with E-state index in [1.807, 2.05) is 6.07 Å². The number of carbonyl (C=O) groups excluding carboxylic acids is 1. The van der Waals surface area contributed by atoms with Crippen molar-refractivity contribution in [3.05, 3.63) is 76.3 Å². The van der Waals surface area contributed by atoms with Crippen molar-refractivity contribution in [2.75, 3.05) is 5.32 Å². The van der Waals surface area contributed by atoms with Crippen LogP contribution < -0.4 is 16.8 Å². The van der Waals surface area contributed by atoms with E-state index in [2.05, 4.69) is 15.3 Å². The van der Waals surface area contributed by atoms with Crippen LogP contribution in [0.5, 0.6) is 0 Å². The number of nitrogens with two attached hydrogens (primary N) is 2. The Morgan fingerprint density at radius 1 is 1.15 bits per heavy atom. The van der Waals surface area contributed by atoms with Crippen molar-refractivity contribution < 1.29 is 9.18 Å². The van der Waals surface area contributed by atoms with Crippen molar-refractivity contribution in [3.8, 4) is 11.3 Å². The van der Waals surface area contributed by atoms with E-state index >= 15 is 0 Å². The molecule has 5 N–H and O–H groups in total. The molecule has 1 amide bonds. The first-order valence-electron chi connectivity index (χ1n) is 11.1. The molecule has 0 atom stereocenters. The minimum Gasteiger partial charge on any atom is -0.366 e. The van der Waals surface area contributed by atoms with E-state index in [4.69, 9.17) is 23.1 Å². The van der Waals surface area contributed by atoms with Gasteiger partial charge in [-0.2, -0.15) is 0 Å². The number of carbonyl (C=O) groups is 1. The van der Waals surface area contributed by atoms with Gasteiger partial charge in [0.1, 0.15) is 11.6 Å². The molecule has 2 heterocycles. The topological polar surface area (TPSA) is 107 Å². The Bertz CT molecular complexity index is 1150. The molecule has 1 aliphatic carbocycles. The van der Waals surface area contributed by atoms with E-state index in [-0.39, 0.29) is 5.82 Å². The fourth-order valence-corrected chi connectivity index (χ4v) is 4.42. The van der Waals surface area contributed by atoms with Gasteiger partial charge in [0.15, 0.2) is 0 Å². The fraction of sp³-hybridized carbons (Fsp3) is 0.320. The molecule has 0 aliphatic heterocycles. The molecule has 0 bridgehead atoms. The predicted octanol–water partition coefficient (Wildman–Crippen LogP) is 4.71. The molecule has 0 unspecified atom stereocenters. The van der Waals surface area contributed by atoms with E-state index in [0.29, 0.717) is 46.2 Å². The van der Waals surface area contributed by atoms with Gasteiger partial charge in [0.05, 0.1) is 10.7 Å². The number of nitrogens with one attached hydrogen (secondary N) is 1. The molecule has 2 aromatic heterocycles. The number of anilines is 1. The van der Waals surface area contributed by atoms with Crippen molar-refractivity contribution in [2.24, 2.45) is 17.4 Å². The van der Waals surface area contributed by atoms with E-state index in [1.165, 1.54) is 12.1 Å². The summed E-state index contributed by atoms with van der Waals surface area (Å²) < 4.78 is 13.5. The maximum atomic E-state index is 13.5. The standard InChI is InChI=1S/C25H27ClFN5O/c26-22-14-30-20(9-15-4-6-19(28)7-5-15)12-21(22)23-10-17(25(29)33)11-24(32-23)31-13-16-2-1-3-18(27)8-16/h1-3,8,10-12,14-15,19H,4-7,9,13,28H2,(H2,29,33)(H,31,32). The van der Waals surface area contributed by atoms with Crippen LogP contribution in [0.15, 0.2) is 48.7 Å². The Kier molecular flexibility index (Phi) is 7.20. The van der Waals surface area contributed by atoms with Gasteiger partial charge in [0.25, 0.3) is 0 Å². The Balaban J connectivity index is 1.59. The minimum absolute atomic E-state index is 0.300. The summed E-state index contributed by atoms with van der Waals surface area (Å²) in [5.74, 6) is 0.0993. The molecule has 0 radical (unpaired) electrons. The van der Waals surface area contributed by atoms with Crippen molar-refractivity contribution >= 4 is 23.3 Å². The van der Waals surface area contributed by atoms with Crippen LogP contribution in [0.4, 0.5) is 10.2 Å². The third kappa shape index (κ3) is 6.06. The third-order valence-corrected chi connectivity index (χ3v) is 6.35. The van der Waals surface area contributed by atoms with E-state index in [0.717, 1.165) is 43.4 Å². The van der Waals surface area contributed by atoms with Crippen LogP contribution in [-0.2, 0) is 13.0 Å². The summed E-state index contributed by atoms with van der Waals surface area (Å²) in [5, 5.41) is 3.58. The van der Waals surface area contributed by atoms with Gasteiger partial charge in [-0.05, 0) is 73.9 Å². The molecule has 6 nitrogen and oxygen atoms in total. The summed E-state index contributed by atoms with van der Waals surface area (Å²) >= 11 is 6.47. The zero-order chi connectivity index (χ0) is 23.4.